The summed E-state index contributed by atoms with van der Waals surface area (Å²) in [6, 6.07) is 6.42. The molecule has 0 radical (unpaired) electrons. The lowest BCUT2D eigenvalue weighted by Crippen LogP contribution is -2.40. The predicted molar refractivity (Wildman–Crippen MR) is 122 cm³/mol. The Bertz CT molecular complexity index is 834. The molecule has 29 heavy (non-hydrogen) atoms. The number of anilines is 1. The molecule has 2 aliphatic rings. The summed E-state index contributed by atoms with van der Waals surface area (Å²) in [7, 11) is 0. The molecule has 0 N–H and O–H groups in total. The first kappa shape index (κ1) is 20.7. The smallest absolute Gasteiger partial charge is 0.169 e. The van der Waals surface area contributed by atoms with E-state index in [1.807, 2.05) is 6.07 Å². The third kappa shape index (κ3) is 4.33. The van der Waals surface area contributed by atoms with E-state index in [0.717, 1.165) is 36.2 Å². The van der Waals surface area contributed by atoms with Gasteiger partial charge in [0.05, 0.1) is 11.1 Å². The van der Waals surface area contributed by atoms with Crippen LogP contribution in [0.3, 0.4) is 0 Å². The third-order valence-corrected chi connectivity index (χ3v) is 7.14. The Kier molecular flexibility index (Phi) is 5.43. The molecule has 2 fully saturated rings. The molecule has 4 rings (SSSR count). The fourth-order valence-electron chi connectivity index (χ4n) is 5.30. The van der Waals surface area contributed by atoms with Gasteiger partial charge in [0.15, 0.2) is 5.58 Å². The second-order valence-corrected chi connectivity index (χ2v) is 11.5. The van der Waals surface area contributed by atoms with Gasteiger partial charge in [0.1, 0.15) is 0 Å². The maximum Gasteiger partial charge on any atom is 0.169 e. The highest BCUT2D eigenvalue weighted by Crippen LogP contribution is 2.38. The lowest BCUT2D eigenvalue weighted by Gasteiger charge is -2.39. The van der Waals surface area contributed by atoms with Gasteiger partial charge < -0.3 is 14.3 Å². The summed E-state index contributed by atoms with van der Waals surface area (Å²) in [5.74, 6) is 1.63. The molecule has 3 heterocycles. The Morgan fingerprint density at radius 3 is 2.38 bits per heavy atom. The van der Waals surface area contributed by atoms with Crippen molar-refractivity contribution in [2.24, 2.45) is 17.3 Å². The van der Waals surface area contributed by atoms with Crippen LogP contribution in [-0.4, -0.2) is 42.8 Å². The van der Waals surface area contributed by atoms with E-state index in [-0.39, 0.29) is 5.41 Å². The van der Waals surface area contributed by atoms with Gasteiger partial charge in [-0.2, -0.15) is 0 Å². The van der Waals surface area contributed by atoms with Crippen LogP contribution in [0.4, 0.5) is 5.69 Å². The SMILES string of the molecule is CC(C)(C)c1noc2cccc(N3CC[C@H](CN4CCC(C(C)(C)C)CC4)C3)c12. The highest BCUT2D eigenvalue weighted by Gasteiger charge is 2.32. The molecule has 0 unspecified atom stereocenters. The van der Waals surface area contributed by atoms with Crippen LogP contribution in [0.2, 0.25) is 0 Å². The molecule has 0 saturated carbocycles. The summed E-state index contributed by atoms with van der Waals surface area (Å²) in [5, 5.41) is 5.64. The number of hydrogen-bond acceptors (Lipinski definition) is 4. The lowest BCUT2D eigenvalue weighted by atomic mass is 9.75. The summed E-state index contributed by atoms with van der Waals surface area (Å²) in [6.07, 6.45) is 4.00. The summed E-state index contributed by atoms with van der Waals surface area (Å²) in [4.78, 5) is 5.29. The number of aromatic nitrogens is 1. The van der Waals surface area contributed by atoms with Crippen molar-refractivity contribution in [1.82, 2.24) is 10.1 Å². The van der Waals surface area contributed by atoms with Crippen LogP contribution in [0.25, 0.3) is 11.0 Å². The van der Waals surface area contributed by atoms with Crippen molar-refractivity contribution in [1.29, 1.82) is 0 Å². The van der Waals surface area contributed by atoms with Crippen molar-refractivity contribution < 1.29 is 4.52 Å². The monoisotopic (exact) mass is 397 g/mol. The average molecular weight is 398 g/mol. The van der Waals surface area contributed by atoms with Gasteiger partial charge in [0, 0.05) is 30.7 Å². The highest BCUT2D eigenvalue weighted by atomic mass is 16.5. The van der Waals surface area contributed by atoms with E-state index in [0.29, 0.717) is 5.41 Å². The summed E-state index contributed by atoms with van der Waals surface area (Å²) in [6.45, 7) is 19.9. The van der Waals surface area contributed by atoms with E-state index in [9.17, 15) is 0 Å². The molecule has 0 bridgehead atoms. The largest absolute Gasteiger partial charge is 0.371 e. The molecular formula is C25H39N3O. The van der Waals surface area contributed by atoms with Crippen molar-refractivity contribution in [2.45, 2.75) is 66.2 Å². The zero-order valence-corrected chi connectivity index (χ0v) is 19.3. The zero-order valence-electron chi connectivity index (χ0n) is 19.3. The Labute approximate surface area is 176 Å². The molecule has 1 atom stereocenters. The number of likely N-dealkylation sites (tertiary alicyclic amines) is 1. The Hall–Kier alpha value is -1.55. The normalized spacial score (nSPS) is 22.7. The van der Waals surface area contributed by atoms with Crippen molar-refractivity contribution >= 4 is 16.7 Å². The van der Waals surface area contributed by atoms with E-state index < -0.39 is 0 Å². The van der Waals surface area contributed by atoms with Gasteiger partial charge in [-0.05, 0) is 61.7 Å². The first-order valence-corrected chi connectivity index (χ1v) is 11.5. The van der Waals surface area contributed by atoms with Crippen molar-refractivity contribution in [3.05, 3.63) is 23.9 Å². The van der Waals surface area contributed by atoms with Crippen molar-refractivity contribution in [3.63, 3.8) is 0 Å². The van der Waals surface area contributed by atoms with E-state index in [1.165, 1.54) is 50.0 Å². The Balaban J connectivity index is 1.43. The van der Waals surface area contributed by atoms with Gasteiger partial charge in [0.25, 0.3) is 0 Å². The van der Waals surface area contributed by atoms with E-state index >= 15 is 0 Å². The van der Waals surface area contributed by atoms with Crippen LogP contribution in [0, 0.1) is 17.3 Å². The molecule has 4 nitrogen and oxygen atoms in total. The van der Waals surface area contributed by atoms with Crippen LogP contribution < -0.4 is 4.90 Å². The molecule has 0 amide bonds. The third-order valence-electron chi connectivity index (χ3n) is 7.14. The summed E-state index contributed by atoms with van der Waals surface area (Å²) in [5.41, 5.74) is 3.74. The van der Waals surface area contributed by atoms with E-state index in [1.54, 1.807) is 0 Å². The van der Waals surface area contributed by atoms with Gasteiger partial charge in [0.2, 0.25) is 0 Å². The molecule has 2 saturated heterocycles. The predicted octanol–water partition coefficient (Wildman–Crippen LogP) is 5.71. The minimum absolute atomic E-state index is 0.0160. The number of fused-ring (bicyclic) bond motifs is 1. The first-order valence-electron chi connectivity index (χ1n) is 11.5. The van der Waals surface area contributed by atoms with Gasteiger partial charge in [-0.25, -0.2) is 0 Å². The molecule has 4 heteroatoms. The molecule has 0 spiro atoms. The van der Waals surface area contributed by atoms with Crippen LogP contribution in [0.5, 0.6) is 0 Å². The number of benzene rings is 1. The second kappa shape index (κ2) is 7.61. The Morgan fingerprint density at radius 2 is 1.72 bits per heavy atom. The molecule has 160 valence electrons. The first-order chi connectivity index (χ1) is 13.6. The maximum absolute atomic E-state index is 5.68. The van der Waals surface area contributed by atoms with Crippen LogP contribution in [0.1, 0.15) is 66.5 Å². The van der Waals surface area contributed by atoms with Gasteiger partial charge in [-0.15, -0.1) is 0 Å². The Morgan fingerprint density at radius 1 is 1.00 bits per heavy atom. The molecule has 2 aliphatic heterocycles. The molecular weight excluding hydrogens is 358 g/mol. The molecule has 1 aromatic carbocycles. The second-order valence-electron chi connectivity index (χ2n) is 11.5. The summed E-state index contributed by atoms with van der Waals surface area (Å²) < 4.78 is 5.68. The van der Waals surface area contributed by atoms with Gasteiger partial charge >= 0.3 is 0 Å². The van der Waals surface area contributed by atoms with Gasteiger partial charge in [-0.3, -0.25) is 0 Å². The van der Waals surface area contributed by atoms with Crippen LogP contribution in [-0.2, 0) is 5.41 Å². The molecule has 0 aliphatic carbocycles. The summed E-state index contributed by atoms with van der Waals surface area (Å²) >= 11 is 0. The molecule has 1 aromatic heterocycles. The minimum Gasteiger partial charge on any atom is -0.371 e. The van der Waals surface area contributed by atoms with Crippen molar-refractivity contribution in [2.75, 3.05) is 37.6 Å². The standard InChI is InChI=1S/C25H39N3O/c1-24(2,3)19-11-13-27(14-12-19)16-18-10-15-28(17-18)20-8-7-9-21-22(20)23(26-29-21)25(4,5)6/h7-9,18-19H,10-17H2,1-6H3/t18-/m1/s1. The average Bonchev–Trinajstić information content (AvgIpc) is 3.27. The van der Waals surface area contributed by atoms with E-state index in [2.05, 4.69) is 68.6 Å². The van der Waals surface area contributed by atoms with E-state index in [4.69, 9.17) is 4.52 Å². The van der Waals surface area contributed by atoms with Crippen LogP contribution >= 0.6 is 0 Å². The lowest BCUT2D eigenvalue weighted by molar-refractivity contribution is 0.103. The fraction of sp³-hybridized carbons (Fsp3) is 0.720. The highest BCUT2D eigenvalue weighted by molar-refractivity contribution is 5.93. The maximum atomic E-state index is 5.68. The number of rotatable bonds is 3. The van der Waals surface area contributed by atoms with Gasteiger partial charge in [-0.1, -0.05) is 52.8 Å². The minimum atomic E-state index is -0.0160. The zero-order chi connectivity index (χ0) is 20.8. The molecule has 2 aromatic rings. The topological polar surface area (TPSA) is 32.5 Å². The van der Waals surface area contributed by atoms with Crippen LogP contribution in [0.15, 0.2) is 22.7 Å². The number of hydrogen-bond donors (Lipinski definition) is 0. The number of nitrogens with zero attached hydrogens (tertiary/aromatic N) is 3. The fourth-order valence-corrected chi connectivity index (χ4v) is 5.30. The van der Waals surface area contributed by atoms with Crippen molar-refractivity contribution in [3.8, 4) is 0 Å². The quantitative estimate of drug-likeness (QED) is 0.664. The number of piperidine rings is 1.